The SMILES string of the molecule is Cl.Ic1cccc([C@@H]2COCCN2)c1. The van der Waals surface area contributed by atoms with E-state index in [0.29, 0.717) is 6.04 Å². The molecule has 1 saturated heterocycles. The van der Waals surface area contributed by atoms with Crippen molar-refractivity contribution in [1.29, 1.82) is 0 Å². The van der Waals surface area contributed by atoms with E-state index in [1.54, 1.807) is 0 Å². The molecule has 4 heteroatoms. The lowest BCUT2D eigenvalue weighted by Crippen LogP contribution is -2.34. The van der Waals surface area contributed by atoms with Crippen LogP contribution in [0.15, 0.2) is 24.3 Å². The standard InChI is InChI=1S/C10H12INO.ClH/c11-9-3-1-2-8(6-9)10-7-13-5-4-12-10;/h1-3,6,10,12H,4-5,7H2;1H/t10-;/m0./s1. The van der Waals surface area contributed by atoms with E-state index in [9.17, 15) is 0 Å². The van der Waals surface area contributed by atoms with Crippen LogP contribution in [0.3, 0.4) is 0 Å². The molecular formula is C10H13ClINO. The molecule has 2 nitrogen and oxygen atoms in total. The minimum absolute atomic E-state index is 0. The van der Waals surface area contributed by atoms with Crippen LogP contribution in [0, 0.1) is 3.57 Å². The minimum Gasteiger partial charge on any atom is -0.378 e. The summed E-state index contributed by atoms with van der Waals surface area (Å²) in [5.74, 6) is 0. The quantitative estimate of drug-likeness (QED) is 0.801. The fraction of sp³-hybridized carbons (Fsp3) is 0.400. The lowest BCUT2D eigenvalue weighted by molar-refractivity contribution is 0.0768. The summed E-state index contributed by atoms with van der Waals surface area (Å²) in [4.78, 5) is 0. The van der Waals surface area contributed by atoms with Gasteiger partial charge in [-0.2, -0.15) is 0 Å². The predicted molar refractivity (Wildman–Crippen MR) is 68.0 cm³/mol. The second-order valence-electron chi connectivity index (χ2n) is 3.14. The van der Waals surface area contributed by atoms with Gasteiger partial charge in [0.2, 0.25) is 0 Å². The van der Waals surface area contributed by atoms with Gasteiger partial charge in [0.15, 0.2) is 0 Å². The molecule has 0 bridgehead atoms. The van der Waals surface area contributed by atoms with Crippen molar-refractivity contribution in [2.75, 3.05) is 19.8 Å². The average molecular weight is 326 g/mol. The molecule has 0 aliphatic carbocycles. The van der Waals surface area contributed by atoms with Crippen molar-refractivity contribution in [2.45, 2.75) is 6.04 Å². The summed E-state index contributed by atoms with van der Waals surface area (Å²) in [5, 5.41) is 3.43. The number of hydrogen-bond donors (Lipinski definition) is 1. The van der Waals surface area contributed by atoms with Crippen molar-refractivity contribution in [3.05, 3.63) is 33.4 Å². The molecule has 0 amide bonds. The van der Waals surface area contributed by atoms with Crippen molar-refractivity contribution in [3.8, 4) is 0 Å². The van der Waals surface area contributed by atoms with E-state index < -0.39 is 0 Å². The molecule has 1 aliphatic rings. The van der Waals surface area contributed by atoms with Gasteiger partial charge in [0.05, 0.1) is 19.3 Å². The Balaban J connectivity index is 0.000000980. The van der Waals surface area contributed by atoms with Crippen LogP contribution in [0.1, 0.15) is 11.6 Å². The van der Waals surface area contributed by atoms with Crippen molar-refractivity contribution < 1.29 is 4.74 Å². The van der Waals surface area contributed by atoms with Crippen LogP contribution >= 0.6 is 35.0 Å². The molecule has 1 heterocycles. The number of morpholine rings is 1. The highest BCUT2D eigenvalue weighted by molar-refractivity contribution is 14.1. The van der Waals surface area contributed by atoms with E-state index in [1.165, 1.54) is 9.13 Å². The normalized spacial score (nSPS) is 21.4. The number of nitrogens with one attached hydrogen (secondary N) is 1. The first-order valence-electron chi connectivity index (χ1n) is 4.43. The number of ether oxygens (including phenoxy) is 1. The molecule has 0 aromatic heterocycles. The third-order valence-electron chi connectivity index (χ3n) is 2.17. The smallest absolute Gasteiger partial charge is 0.0662 e. The summed E-state index contributed by atoms with van der Waals surface area (Å²) in [6.07, 6.45) is 0. The van der Waals surface area contributed by atoms with E-state index >= 15 is 0 Å². The molecule has 1 aliphatic heterocycles. The molecule has 2 rings (SSSR count). The Hall–Kier alpha value is 0.160. The Morgan fingerprint density at radius 2 is 2.29 bits per heavy atom. The largest absolute Gasteiger partial charge is 0.378 e. The summed E-state index contributed by atoms with van der Waals surface area (Å²) in [7, 11) is 0. The second kappa shape index (κ2) is 5.90. The highest BCUT2D eigenvalue weighted by Gasteiger charge is 2.14. The molecule has 1 aromatic carbocycles. The van der Waals surface area contributed by atoms with E-state index in [0.717, 1.165) is 19.8 Å². The van der Waals surface area contributed by atoms with Crippen LogP contribution in [-0.4, -0.2) is 19.8 Å². The number of rotatable bonds is 1. The molecule has 1 N–H and O–H groups in total. The van der Waals surface area contributed by atoms with Crippen molar-refractivity contribution in [3.63, 3.8) is 0 Å². The molecule has 1 atom stereocenters. The van der Waals surface area contributed by atoms with Gasteiger partial charge in [-0.3, -0.25) is 0 Å². The zero-order valence-electron chi connectivity index (χ0n) is 7.70. The van der Waals surface area contributed by atoms with E-state index in [-0.39, 0.29) is 12.4 Å². The molecule has 78 valence electrons. The summed E-state index contributed by atoms with van der Waals surface area (Å²) in [6.45, 7) is 2.58. The Bertz CT molecular complexity index is 289. The van der Waals surface area contributed by atoms with Gasteiger partial charge in [0, 0.05) is 10.1 Å². The lowest BCUT2D eigenvalue weighted by Gasteiger charge is -2.24. The third kappa shape index (κ3) is 3.08. The van der Waals surface area contributed by atoms with Crippen molar-refractivity contribution in [1.82, 2.24) is 5.32 Å². The third-order valence-corrected chi connectivity index (χ3v) is 2.84. The molecule has 0 unspecified atom stereocenters. The van der Waals surface area contributed by atoms with Gasteiger partial charge < -0.3 is 10.1 Å². The second-order valence-corrected chi connectivity index (χ2v) is 4.38. The topological polar surface area (TPSA) is 21.3 Å². The number of hydrogen-bond acceptors (Lipinski definition) is 2. The summed E-state index contributed by atoms with van der Waals surface area (Å²) in [6, 6.07) is 8.92. The Morgan fingerprint density at radius 3 is 2.93 bits per heavy atom. The summed E-state index contributed by atoms with van der Waals surface area (Å²) < 4.78 is 6.69. The highest BCUT2D eigenvalue weighted by Crippen LogP contribution is 2.17. The van der Waals surface area contributed by atoms with Gasteiger partial charge in [-0.15, -0.1) is 12.4 Å². The van der Waals surface area contributed by atoms with Crippen LogP contribution in [0.5, 0.6) is 0 Å². The van der Waals surface area contributed by atoms with Crippen LogP contribution in [0.25, 0.3) is 0 Å². The summed E-state index contributed by atoms with van der Waals surface area (Å²) in [5.41, 5.74) is 1.33. The lowest BCUT2D eigenvalue weighted by atomic mass is 10.1. The first kappa shape index (κ1) is 12.2. The summed E-state index contributed by atoms with van der Waals surface area (Å²) >= 11 is 2.33. The molecule has 0 saturated carbocycles. The minimum atomic E-state index is 0. The molecular weight excluding hydrogens is 312 g/mol. The van der Waals surface area contributed by atoms with Gasteiger partial charge in [-0.05, 0) is 40.3 Å². The first-order chi connectivity index (χ1) is 6.36. The number of benzene rings is 1. The molecule has 1 aromatic rings. The molecule has 0 radical (unpaired) electrons. The molecule has 0 spiro atoms. The highest BCUT2D eigenvalue weighted by atomic mass is 127. The van der Waals surface area contributed by atoms with Gasteiger partial charge >= 0.3 is 0 Å². The maximum Gasteiger partial charge on any atom is 0.0662 e. The average Bonchev–Trinajstić information content (AvgIpc) is 2.19. The van der Waals surface area contributed by atoms with Gasteiger partial charge in [-0.25, -0.2) is 0 Å². The Labute approximate surface area is 104 Å². The van der Waals surface area contributed by atoms with E-state index in [1.807, 2.05) is 0 Å². The molecule has 14 heavy (non-hydrogen) atoms. The Morgan fingerprint density at radius 1 is 1.43 bits per heavy atom. The zero-order chi connectivity index (χ0) is 9.10. The van der Waals surface area contributed by atoms with E-state index in [2.05, 4.69) is 52.2 Å². The van der Waals surface area contributed by atoms with Gasteiger partial charge in [0.1, 0.15) is 0 Å². The number of halogens is 2. The predicted octanol–water partition coefficient (Wildman–Crippen LogP) is 2.37. The van der Waals surface area contributed by atoms with Crippen molar-refractivity contribution in [2.24, 2.45) is 0 Å². The van der Waals surface area contributed by atoms with Gasteiger partial charge in [-0.1, -0.05) is 12.1 Å². The monoisotopic (exact) mass is 325 g/mol. The maximum absolute atomic E-state index is 5.41. The fourth-order valence-corrected chi connectivity index (χ4v) is 2.07. The van der Waals surface area contributed by atoms with Crippen molar-refractivity contribution >= 4 is 35.0 Å². The Kier molecular flexibility index (Phi) is 5.15. The van der Waals surface area contributed by atoms with E-state index in [4.69, 9.17) is 4.74 Å². The fourth-order valence-electron chi connectivity index (χ4n) is 1.50. The van der Waals surface area contributed by atoms with Crippen LogP contribution < -0.4 is 5.32 Å². The van der Waals surface area contributed by atoms with Crippen LogP contribution in [-0.2, 0) is 4.74 Å². The van der Waals surface area contributed by atoms with Crippen LogP contribution in [0.2, 0.25) is 0 Å². The maximum atomic E-state index is 5.41. The zero-order valence-corrected chi connectivity index (χ0v) is 10.7. The van der Waals surface area contributed by atoms with Crippen LogP contribution in [0.4, 0.5) is 0 Å². The first-order valence-corrected chi connectivity index (χ1v) is 5.51. The molecule has 1 fully saturated rings. The van der Waals surface area contributed by atoms with Gasteiger partial charge in [0.25, 0.3) is 0 Å².